The van der Waals surface area contributed by atoms with Gasteiger partial charge < -0.3 is 14.8 Å². The lowest BCUT2D eigenvalue weighted by Crippen LogP contribution is -2.15. The van der Waals surface area contributed by atoms with E-state index in [1.54, 1.807) is 37.3 Å². The highest BCUT2D eigenvalue weighted by atomic mass is 32.2. The molecule has 1 heterocycles. The minimum atomic E-state index is -0.395. The number of esters is 1. The molecule has 1 atom stereocenters. The van der Waals surface area contributed by atoms with E-state index in [2.05, 4.69) is 22.1 Å². The number of benzene rings is 2. The van der Waals surface area contributed by atoms with Crippen LogP contribution >= 0.6 is 11.8 Å². The fourth-order valence-corrected chi connectivity index (χ4v) is 3.75. The minimum absolute atomic E-state index is 0.142. The van der Waals surface area contributed by atoms with Gasteiger partial charge in [-0.1, -0.05) is 36.0 Å². The van der Waals surface area contributed by atoms with Crippen molar-refractivity contribution < 1.29 is 19.1 Å². The molecule has 1 aromatic heterocycles. The molecule has 0 bridgehead atoms. The van der Waals surface area contributed by atoms with Crippen molar-refractivity contribution in [3.8, 4) is 5.75 Å². The normalized spacial score (nSPS) is 11.5. The van der Waals surface area contributed by atoms with Gasteiger partial charge in [-0.15, -0.1) is 16.8 Å². The SMILES string of the molecule is C=CCn1c(SCC(=O)Nc2ccc(C(=O)OCC)cc2)nnc1C(C)Oc1ccccc1. The third kappa shape index (κ3) is 6.69. The van der Waals surface area contributed by atoms with Crippen LogP contribution in [-0.4, -0.2) is 39.0 Å². The van der Waals surface area contributed by atoms with Crippen molar-refractivity contribution in [2.75, 3.05) is 17.7 Å². The summed E-state index contributed by atoms with van der Waals surface area (Å²) in [5, 5.41) is 11.9. The number of amides is 1. The lowest BCUT2D eigenvalue weighted by atomic mass is 10.2. The number of thioether (sulfide) groups is 1. The second kappa shape index (κ2) is 11.9. The van der Waals surface area contributed by atoms with E-state index in [1.165, 1.54) is 11.8 Å². The van der Waals surface area contributed by atoms with Gasteiger partial charge in [0, 0.05) is 12.2 Å². The van der Waals surface area contributed by atoms with Crippen molar-refractivity contribution in [2.24, 2.45) is 0 Å². The Kier molecular flexibility index (Phi) is 8.65. The van der Waals surface area contributed by atoms with Crippen LogP contribution in [-0.2, 0) is 16.1 Å². The van der Waals surface area contributed by atoms with Crippen molar-refractivity contribution in [3.63, 3.8) is 0 Å². The van der Waals surface area contributed by atoms with Crippen LogP contribution in [0.2, 0.25) is 0 Å². The van der Waals surface area contributed by atoms with Crippen LogP contribution < -0.4 is 10.1 Å². The van der Waals surface area contributed by atoms with E-state index in [-0.39, 0.29) is 17.8 Å². The first-order chi connectivity index (χ1) is 16.0. The van der Waals surface area contributed by atoms with Crippen molar-refractivity contribution in [1.82, 2.24) is 14.8 Å². The van der Waals surface area contributed by atoms with Crippen LogP contribution in [0.3, 0.4) is 0 Å². The number of nitrogens with zero attached hydrogens (tertiary/aromatic N) is 3. The first-order valence-electron chi connectivity index (χ1n) is 10.5. The lowest BCUT2D eigenvalue weighted by Gasteiger charge is -2.15. The average molecular weight is 467 g/mol. The standard InChI is InChI=1S/C24H26N4O4S/c1-4-15-28-22(17(3)32-20-9-7-6-8-10-20)26-27-24(28)33-16-21(29)25-19-13-11-18(12-14-19)23(30)31-5-2/h4,6-14,17H,1,5,15-16H2,2-3H3,(H,25,29). The fourth-order valence-electron chi connectivity index (χ4n) is 3.00. The molecule has 0 saturated heterocycles. The molecule has 1 unspecified atom stereocenters. The number of rotatable bonds is 11. The molecule has 2 aromatic carbocycles. The maximum atomic E-state index is 12.4. The molecule has 0 aliphatic heterocycles. The zero-order valence-corrected chi connectivity index (χ0v) is 19.4. The van der Waals surface area contributed by atoms with E-state index in [0.29, 0.717) is 35.4 Å². The van der Waals surface area contributed by atoms with Crippen LogP contribution in [0.1, 0.15) is 36.1 Å². The summed E-state index contributed by atoms with van der Waals surface area (Å²) in [6.45, 7) is 8.25. The molecule has 1 amide bonds. The average Bonchev–Trinajstić information content (AvgIpc) is 3.22. The van der Waals surface area contributed by atoms with Gasteiger partial charge in [-0.2, -0.15) is 0 Å². The van der Waals surface area contributed by atoms with Crippen molar-refractivity contribution >= 4 is 29.3 Å². The minimum Gasteiger partial charge on any atom is -0.483 e. The van der Waals surface area contributed by atoms with Gasteiger partial charge in [-0.25, -0.2) is 4.79 Å². The molecule has 9 heteroatoms. The van der Waals surface area contributed by atoms with Crippen LogP contribution in [0.15, 0.2) is 72.4 Å². The van der Waals surface area contributed by atoms with E-state index < -0.39 is 5.97 Å². The molecule has 0 radical (unpaired) electrons. The predicted octanol–water partition coefficient (Wildman–Crippen LogP) is 4.51. The van der Waals surface area contributed by atoms with Gasteiger partial charge in [0.05, 0.1) is 17.9 Å². The zero-order chi connectivity index (χ0) is 23.6. The summed E-state index contributed by atoms with van der Waals surface area (Å²) < 4.78 is 12.8. The molecule has 0 spiro atoms. The topological polar surface area (TPSA) is 95.3 Å². The van der Waals surface area contributed by atoms with Gasteiger partial charge in [0.2, 0.25) is 5.91 Å². The second-order valence-corrected chi connectivity index (χ2v) is 7.89. The molecule has 1 N–H and O–H groups in total. The third-order valence-electron chi connectivity index (χ3n) is 4.49. The highest BCUT2D eigenvalue weighted by Crippen LogP contribution is 2.25. The lowest BCUT2D eigenvalue weighted by molar-refractivity contribution is -0.113. The van der Waals surface area contributed by atoms with E-state index in [9.17, 15) is 9.59 Å². The Hall–Kier alpha value is -3.59. The zero-order valence-electron chi connectivity index (χ0n) is 18.6. The Morgan fingerprint density at radius 1 is 1.15 bits per heavy atom. The molecular formula is C24H26N4O4S. The Labute approximate surface area is 197 Å². The van der Waals surface area contributed by atoms with Gasteiger partial charge in [0.1, 0.15) is 5.75 Å². The number of ether oxygens (including phenoxy) is 2. The van der Waals surface area contributed by atoms with Gasteiger partial charge >= 0.3 is 5.97 Å². The Balaban J connectivity index is 1.60. The molecule has 0 aliphatic carbocycles. The number of carbonyl (C=O) groups excluding carboxylic acids is 2. The summed E-state index contributed by atoms with van der Waals surface area (Å²) in [5.74, 6) is 0.931. The molecule has 8 nitrogen and oxygen atoms in total. The summed E-state index contributed by atoms with van der Waals surface area (Å²) in [7, 11) is 0. The maximum Gasteiger partial charge on any atom is 0.338 e. The molecule has 3 rings (SSSR count). The number of carbonyl (C=O) groups is 2. The first kappa shape index (κ1) is 24.1. The number of para-hydroxylation sites is 1. The molecule has 0 fully saturated rings. The molecule has 33 heavy (non-hydrogen) atoms. The summed E-state index contributed by atoms with van der Waals surface area (Å²) in [4.78, 5) is 24.2. The van der Waals surface area contributed by atoms with E-state index in [0.717, 1.165) is 5.75 Å². The smallest absolute Gasteiger partial charge is 0.338 e. The van der Waals surface area contributed by atoms with Gasteiger partial charge in [0.15, 0.2) is 17.1 Å². The Morgan fingerprint density at radius 2 is 1.88 bits per heavy atom. The van der Waals surface area contributed by atoms with Crippen molar-refractivity contribution in [3.05, 3.63) is 78.6 Å². The monoisotopic (exact) mass is 466 g/mol. The van der Waals surface area contributed by atoms with E-state index >= 15 is 0 Å². The van der Waals surface area contributed by atoms with Gasteiger partial charge in [-0.3, -0.25) is 9.36 Å². The number of nitrogens with one attached hydrogen (secondary N) is 1. The van der Waals surface area contributed by atoms with Crippen molar-refractivity contribution in [2.45, 2.75) is 31.7 Å². The predicted molar refractivity (Wildman–Crippen MR) is 127 cm³/mol. The molecule has 0 aliphatic rings. The maximum absolute atomic E-state index is 12.4. The highest BCUT2D eigenvalue weighted by molar-refractivity contribution is 7.99. The van der Waals surface area contributed by atoms with Crippen LogP contribution in [0.5, 0.6) is 5.75 Å². The third-order valence-corrected chi connectivity index (χ3v) is 5.46. The number of hydrogen-bond donors (Lipinski definition) is 1. The van der Waals surface area contributed by atoms with E-state index in [1.807, 2.05) is 41.8 Å². The highest BCUT2D eigenvalue weighted by Gasteiger charge is 2.20. The summed E-state index contributed by atoms with van der Waals surface area (Å²) in [6, 6.07) is 16.0. The molecule has 0 saturated carbocycles. The van der Waals surface area contributed by atoms with Crippen LogP contribution in [0.4, 0.5) is 5.69 Å². The number of hydrogen-bond acceptors (Lipinski definition) is 7. The first-order valence-corrected chi connectivity index (χ1v) is 11.5. The summed E-state index contributed by atoms with van der Waals surface area (Å²) in [6.07, 6.45) is 1.41. The Bertz CT molecular complexity index is 1080. The number of anilines is 1. The summed E-state index contributed by atoms with van der Waals surface area (Å²) in [5.41, 5.74) is 1.02. The summed E-state index contributed by atoms with van der Waals surface area (Å²) >= 11 is 1.27. The van der Waals surface area contributed by atoms with E-state index in [4.69, 9.17) is 9.47 Å². The second-order valence-electron chi connectivity index (χ2n) is 6.95. The quantitative estimate of drug-likeness (QED) is 0.252. The number of allylic oxidation sites excluding steroid dienone is 1. The Morgan fingerprint density at radius 3 is 2.55 bits per heavy atom. The van der Waals surface area contributed by atoms with Gasteiger partial charge in [-0.05, 0) is 50.2 Å². The number of aromatic nitrogens is 3. The largest absolute Gasteiger partial charge is 0.483 e. The molecule has 3 aromatic rings. The molecule has 172 valence electrons. The van der Waals surface area contributed by atoms with Crippen molar-refractivity contribution in [1.29, 1.82) is 0 Å². The fraction of sp³-hybridized carbons (Fsp3) is 0.250. The van der Waals surface area contributed by atoms with Crippen LogP contribution in [0.25, 0.3) is 0 Å². The molecular weight excluding hydrogens is 440 g/mol. The van der Waals surface area contributed by atoms with Crippen LogP contribution in [0, 0.1) is 0 Å². The van der Waals surface area contributed by atoms with Gasteiger partial charge in [0.25, 0.3) is 0 Å².